The van der Waals surface area contributed by atoms with Gasteiger partial charge in [-0.25, -0.2) is 8.78 Å². The minimum Gasteiger partial charge on any atom is -0.350 e. The maximum Gasteiger partial charge on any atom is 0.232 e. The van der Waals surface area contributed by atoms with E-state index in [4.69, 9.17) is 5.73 Å². The van der Waals surface area contributed by atoms with E-state index < -0.39 is 36.5 Å². The largest absolute Gasteiger partial charge is 0.350 e. The maximum atomic E-state index is 15.8. The molecule has 10 nitrogen and oxygen atoms in total. The number of carbonyl (C=O) groups is 2. The summed E-state index contributed by atoms with van der Waals surface area (Å²) in [6, 6.07) is -0.406. The molecule has 5 heterocycles. The SMILES string of the molecule is CCC/C=C1\N=C/C(F)CCC(C)[C@@H](C)CCNC(N)C1C(=O)NC1CNCC(F)C1N1CCC(C(=O)N2CCC(N3CCCC3)CC2)CC1. The third-order valence-electron chi connectivity index (χ3n) is 12.4. The van der Waals surface area contributed by atoms with Crippen LogP contribution in [0.25, 0.3) is 0 Å². The van der Waals surface area contributed by atoms with Crippen molar-refractivity contribution in [2.24, 2.45) is 34.4 Å². The van der Waals surface area contributed by atoms with Crippen molar-refractivity contribution in [2.75, 3.05) is 58.9 Å². The van der Waals surface area contributed by atoms with Crippen molar-refractivity contribution in [3.05, 3.63) is 11.8 Å². The fraction of sp³-hybridized carbons (Fsp3) is 0.868. The van der Waals surface area contributed by atoms with Crippen molar-refractivity contribution in [3.63, 3.8) is 0 Å². The number of carbonyl (C=O) groups excluding carboxylic acids is 2. The molecule has 5 aliphatic heterocycles. The number of nitrogens with zero attached hydrogens (tertiary/aromatic N) is 4. The van der Waals surface area contributed by atoms with E-state index in [2.05, 4.69) is 49.5 Å². The molecule has 12 heteroatoms. The lowest BCUT2D eigenvalue weighted by Crippen LogP contribution is -2.67. The lowest BCUT2D eigenvalue weighted by Gasteiger charge is -2.46. The first-order valence-corrected chi connectivity index (χ1v) is 20.0. The molecule has 0 aromatic heterocycles. The fourth-order valence-corrected chi connectivity index (χ4v) is 8.89. The van der Waals surface area contributed by atoms with Gasteiger partial charge >= 0.3 is 0 Å². The van der Waals surface area contributed by atoms with Crippen molar-refractivity contribution < 1.29 is 18.4 Å². The van der Waals surface area contributed by atoms with Gasteiger partial charge in [0.2, 0.25) is 11.8 Å². The van der Waals surface area contributed by atoms with Crippen LogP contribution in [0.4, 0.5) is 8.78 Å². The van der Waals surface area contributed by atoms with Crippen molar-refractivity contribution in [3.8, 4) is 0 Å². The van der Waals surface area contributed by atoms with Gasteiger partial charge in [-0.1, -0.05) is 33.3 Å². The summed E-state index contributed by atoms with van der Waals surface area (Å²) in [5, 5.41) is 9.72. The summed E-state index contributed by atoms with van der Waals surface area (Å²) >= 11 is 0. The average molecular weight is 705 g/mol. The number of likely N-dealkylation sites (tertiary alicyclic amines) is 3. The third kappa shape index (κ3) is 10.3. The van der Waals surface area contributed by atoms with E-state index in [1.165, 1.54) is 32.1 Å². The first-order valence-electron chi connectivity index (χ1n) is 20.0. The van der Waals surface area contributed by atoms with Gasteiger partial charge in [0.1, 0.15) is 18.3 Å². The molecule has 0 radical (unpaired) electrons. The average Bonchev–Trinajstić information content (AvgIpc) is 3.67. The van der Waals surface area contributed by atoms with Gasteiger partial charge in [0, 0.05) is 44.4 Å². The molecule has 5 N–H and O–H groups in total. The van der Waals surface area contributed by atoms with E-state index in [1.54, 1.807) is 0 Å². The minimum absolute atomic E-state index is 0.0407. The molecule has 4 fully saturated rings. The van der Waals surface area contributed by atoms with Gasteiger partial charge in [0.05, 0.1) is 23.9 Å². The Morgan fingerprint density at radius 1 is 0.940 bits per heavy atom. The highest BCUT2D eigenvalue weighted by Crippen LogP contribution is 2.29. The highest BCUT2D eigenvalue weighted by molar-refractivity contribution is 5.83. The number of amides is 2. The van der Waals surface area contributed by atoms with Gasteiger partial charge in [-0.3, -0.25) is 19.5 Å². The monoisotopic (exact) mass is 705 g/mol. The van der Waals surface area contributed by atoms with Crippen LogP contribution < -0.4 is 21.7 Å². The summed E-state index contributed by atoms with van der Waals surface area (Å²) < 4.78 is 30.8. The summed E-state index contributed by atoms with van der Waals surface area (Å²) in [5.41, 5.74) is 7.16. The first kappa shape index (κ1) is 39.2. The van der Waals surface area contributed by atoms with E-state index in [0.717, 1.165) is 45.2 Å². The number of unbranched alkanes of at least 4 members (excludes halogenated alkanes) is 1. The highest BCUT2D eigenvalue weighted by atomic mass is 19.1. The number of rotatable bonds is 7. The molecule has 4 saturated heterocycles. The highest BCUT2D eigenvalue weighted by Gasteiger charge is 2.43. The van der Waals surface area contributed by atoms with Crippen LogP contribution in [0.5, 0.6) is 0 Å². The molecule has 8 atom stereocenters. The second-order valence-electron chi connectivity index (χ2n) is 15.9. The third-order valence-corrected chi connectivity index (χ3v) is 12.4. The molecule has 0 spiro atoms. The van der Waals surface area contributed by atoms with Crippen LogP contribution in [-0.2, 0) is 9.59 Å². The Bertz CT molecular complexity index is 1140. The summed E-state index contributed by atoms with van der Waals surface area (Å²) in [6.45, 7) is 12.9. The Hall–Kier alpha value is -1.99. The summed E-state index contributed by atoms with van der Waals surface area (Å²) in [5.74, 6) is -0.242. The fourth-order valence-electron chi connectivity index (χ4n) is 8.89. The number of aliphatic imine (C=N–C) groups is 1. The molecular weight excluding hydrogens is 638 g/mol. The predicted octanol–water partition coefficient (Wildman–Crippen LogP) is 3.62. The molecule has 50 heavy (non-hydrogen) atoms. The lowest BCUT2D eigenvalue weighted by atomic mass is 9.88. The van der Waals surface area contributed by atoms with E-state index in [0.29, 0.717) is 75.4 Å². The van der Waals surface area contributed by atoms with Gasteiger partial charge in [0.25, 0.3) is 0 Å². The van der Waals surface area contributed by atoms with Gasteiger partial charge < -0.3 is 31.5 Å². The van der Waals surface area contributed by atoms with Crippen LogP contribution in [0.15, 0.2) is 16.8 Å². The smallest absolute Gasteiger partial charge is 0.232 e. The number of halogens is 2. The van der Waals surface area contributed by atoms with Gasteiger partial charge in [0.15, 0.2) is 0 Å². The second kappa shape index (κ2) is 19.2. The molecule has 0 aromatic carbocycles. The van der Waals surface area contributed by atoms with Crippen LogP contribution in [-0.4, -0.2) is 128 Å². The summed E-state index contributed by atoms with van der Waals surface area (Å²) in [7, 11) is 0. The predicted molar refractivity (Wildman–Crippen MR) is 196 cm³/mol. The zero-order valence-electron chi connectivity index (χ0n) is 31.0. The van der Waals surface area contributed by atoms with Gasteiger partial charge in [-0.05, 0) is 109 Å². The molecule has 5 rings (SSSR count). The lowest BCUT2D eigenvalue weighted by molar-refractivity contribution is -0.139. The quantitative estimate of drug-likeness (QED) is 0.320. The number of nitrogens with one attached hydrogen (secondary N) is 3. The topological polar surface area (TPSA) is 118 Å². The number of piperidine rings is 3. The van der Waals surface area contributed by atoms with Crippen molar-refractivity contribution in [1.29, 1.82) is 0 Å². The Kier molecular flexibility index (Phi) is 15.1. The Morgan fingerprint density at radius 3 is 2.34 bits per heavy atom. The molecule has 0 aromatic rings. The van der Waals surface area contributed by atoms with Crippen LogP contribution in [0, 0.1) is 23.7 Å². The summed E-state index contributed by atoms with van der Waals surface area (Å²) in [4.78, 5) is 39.2. The van der Waals surface area contributed by atoms with E-state index in [-0.39, 0.29) is 24.3 Å². The standard InChI is InChI=1S/C38H66F2N8O2/c1-4-5-8-32-34(36(41)43-16-11-27(3)26(2)9-10-29(39)23-44-32)37(49)45-33-25-42-24-31(40)35(33)47-19-12-28(13-20-47)38(50)48-21-14-30(15-22-48)46-17-6-7-18-46/h8,23,26-31,33-36,42-43H,4-7,9-22,24-25,41H2,1-3H3,(H,45,49)/b32-8-,44-23-/t26?,27-,29?,31?,33?,34?,35?,36?/m0/s1. The zero-order valence-corrected chi connectivity index (χ0v) is 31.0. The minimum atomic E-state index is -1.21. The van der Waals surface area contributed by atoms with Crippen LogP contribution >= 0.6 is 0 Å². The normalized spacial score (nSPS) is 36.8. The number of nitrogens with two attached hydrogens (primary N) is 1. The van der Waals surface area contributed by atoms with Crippen molar-refractivity contribution in [1.82, 2.24) is 30.7 Å². The molecular formula is C38H66F2N8O2. The molecule has 0 aliphatic carbocycles. The van der Waals surface area contributed by atoms with Crippen LogP contribution in [0.1, 0.15) is 91.4 Å². The van der Waals surface area contributed by atoms with Crippen molar-refractivity contribution in [2.45, 2.75) is 128 Å². The Morgan fingerprint density at radius 2 is 1.64 bits per heavy atom. The van der Waals surface area contributed by atoms with Crippen LogP contribution in [0.2, 0.25) is 0 Å². The summed E-state index contributed by atoms with van der Waals surface area (Å²) in [6.07, 6.45) is 9.70. The molecule has 0 saturated carbocycles. The van der Waals surface area contributed by atoms with E-state index in [9.17, 15) is 9.59 Å². The molecule has 0 bridgehead atoms. The number of allylic oxidation sites excluding steroid dienone is 1. The Balaban J connectivity index is 1.23. The number of hydrogen-bond acceptors (Lipinski definition) is 8. The van der Waals surface area contributed by atoms with E-state index >= 15 is 8.78 Å². The molecule has 284 valence electrons. The van der Waals surface area contributed by atoms with Crippen molar-refractivity contribution >= 4 is 18.0 Å². The number of hydrogen-bond donors (Lipinski definition) is 4. The van der Waals surface area contributed by atoms with Gasteiger partial charge in [-0.15, -0.1) is 0 Å². The Labute approximate surface area is 299 Å². The maximum absolute atomic E-state index is 15.8. The first-order chi connectivity index (χ1) is 24.2. The van der Waals surface area contributed by atoms with E-state index in [1.807, 2.05) is 13.0 Å². The number of alkyl halides is 2. The molecule has 2 amide bonds. The molecule has 7 unspecified atom stereocenters. The molecule has 5 aliphatic rings. The zero-order chi connectivity index (χ0) is 35.6. The van der Waals surface area contributed by atoms with Gasteiger partial charge in [-0.2, -0.15) is 0 Å². The van der Waals surface area contributed by atoms with Crippen LogP contribution in [0.3, 0.4) is 0 Å². The second-order valence-corrected chi connectivity index (χ2v) is 15.9.